The van der Waals surface area contributed by atoms with Crippen molar-refractivity contribution in [2.24, 2.45) is 0 Å². The number of amides is 2. The van der Waals surface area contributed by atoms with Crippen LogP contribution in [0, 0.1) is 0 Å². The summed E-state index contributed by atoms with van der Waals surface area (Å²) < 4.78 is 2.09. The Bertz CT molecular complexity index is 1360. The fraction of sp³-hybridized carbons (Fsp3) is 0.346. The van der Waals surface area contributed by atoms with Crippen LogP contribution in [0.25, 0.3) is 22.3 Å². The molecular formula is C26H28N6O2. The van der Waals surface area contributed by atoms with Gasteiger partial charge < -0.3 is 20.3 Å². The first-order chi connectivity index (χ1) is 16.6. The van der Waals surface area contributed by atoms with E-state index < -0.39 is 6.10 Å². The first-order valence-electron chi connectivity index (χ1n) is 11.9. The molecule has 8 nitrogen and oxygen atoms in total. The molecule has 0 aliphatic carbocycles. The van der Waals surface area contributed by atoms with Crippen LogP contribution in [0.5, 0.6) is 0 Å². The number of aliphatic hydroxyl groups excluding tert-OH is 1. The second-order valence-corrected chi connectivity index (χ2v) is 9.35. The highest BCUT2D eigenvalue weighted by atomic mass is 16.3. The molecule has 1 aromatic carbocycles. The Morgan fingerprint density at radius 1 is 1.24 bits per heavy atom. The van der Waals surface area contributed by atoms with E-state index in [0.29, 0.717) is 6.54 Å². The average Bonchev–Trinajstić information content (AvgIpc) is 3.64. The molecule has 4 aromatic rings. The lowest BCUT2D eigenvalue weighted by atomic mass is 9.82. The summed E-state index contributed by atoms with van der Waals surface area (Å²) >= 11 is 0. The highest BCUT2D eigenvalue weighted by Gasteiger charge is 2.46. The molecule has 174 valence electrons. The SMILES string of the molecule is CCNC(=O)N1CCC2(CCn3nc(-c4cnc5[nH]cc(C(O)c6ccccc6)c5c4)cc32)C1. The Labute approximate surface area is 197 Å². The number of rotatable bonds is 4. The van der Waals surface area contributed by atoms with Gasteiger partial charge in [-0.25, -0.2) is 9.78 Å². The summed E-state index contributed by atoms with van der Waals surface area (Å²) in [6, 6.07) is 13.9. The van der Waals surface area contributed by atoms with Crippen molar-refractivity contribution >= 4 is 17.1 Å². The fourth-order valence-electron chi connectivity index (χ4n) is 5.53. The lowest BCUT2D eigenvalue weighted by molar-refractivity contribution is 0.206. The molecule has 1 fully saturated rings. The number of benzene rings is 1. The van der Waals surface area contributed by atoms with Gasteiger partial charge in [0.25, 0.3) is 0 Å². The molecule has 6 rings (SSSR count). The molecular weight excluding hydrogens is 428 g/mol. The number of aryl methyl sites for hydroxylation is 1. The number of fused-ring (bicyclic) bond motifs is 3. The summed E-state index contributed by atoms with van der Waals surface area (Å²) in [5.41, 5.74) is 5.35. The molecule has 0 saturated carbocycles. The van der Waals surface area contributed by atoms with Gasteiger partial charge in [-0.15, -0.1) is 0 Å². The molecule has 3 N–H and O–H groups in total. The van der Waals surface area contributed by atoms with Crippen LogP contribution in [-0.4, -0.2) is 55.4 Å². The summed E-state index contributed by atoms with van der Waals surface area (Å²) in [7, 11) is 0. The van der Waals surface area contributed by atoms with Crippen LogP contribution >= 0.6 is 0 Å². The van der Waals surface area contributed by atoms with Crippen molar-refractivity contribution < 1.29 is 9.90 Å². The van der Waals surface area contributed by atoms with E-state index in [2.05, 4.69) is 32.1 Å². The zero-order valence-electron chi connectivity index (χ0n) is 19.2. The zero-order valence-corrected chi connectivity index (χ0v) is 19.2. The molecule has 1 saturated heterocycles. The van der Waals surface area contributed by atoms with E-state index in [0.717, 1.165) is 65.9 Å². The molecule has 34 heavy (non-hydrogen) atoms. The Balaban J connectivity index is 1.32. The van der Waals surface area contributed by atoms with Gasteiger partial charge in [0.15, 0.2) is 0 Å². The molecule has 5 heterocycles. The van der Waals surface area contributed by atoms with E-state index in [1.54, 1.807) is 0 Å². The third-order valence-corrected chi connectivity index (χ3v) is 7.36. The smallest absolute Gasteiger partial charge is 0.317 e. The van der Waals surface area contributed by atoms with Gasteiger partial charge in [0.2, 0.25) is 0 Å². The van der Waals surface area contributed by atoms with Gasteiger partial charge in [0.05, 0.1) is 5.69 Å². The Hall–Kier alpha value is -3.65. The largest absolute Gasteiger partial charge is 0.384 e. The predicted octanol–water partition coefficient (Wildman–Crippen LogP) is 3.58. The van der Waals surface area contributed by atoms with E-state index in [9.17, 15) is 9.90 Å². The number of pyridine rings is 1. The van der Waals surface area contributed by atoms with Crippen molar-refractivity contribution in [3.05, 3.63) is 71.7 Å². The number of H-pyrrole nitrogens is 1. The number of likely N-dealkylation sites (tertiary alicyclic amines) is 1. The number of hydrogen-bond donors (Lipinski definition) is 3. The van der Waals surface area contributed by atoms with Crippen LogP contribution in [0.3, 0.4) is 0 Å². The minimum absolute atomic E-state index is 0.0178. The minimum atomic E-state index is -0.735. The highest BCUT2D eigenvalue weighted by Crippen LogP contribution is 2.44. The van der Waals surface area contributed by atoms with Crippen molar-refractivity contribution in [3.63, 3.8) is 0 Å². The van der Waals surface area contributed by atoms with Gasteiger partial charge in [0.1, 0.15) is 11.8 Å². The predicted molar refractivity (Wildman–Crippen MR) is 129 cm³/mol. The number of hydrogen-bond acceptors (Lipinski definition) is 4. The molecule has 0 radical (unpaired) electrons. The second kappa shape index (κ2) is 7.99. The van der Waals surface area contributed by atoms with E-state index in [1.165, 1.54) is 5.69 Å². The summed E-state index contributed by atoms with van der Waals surface area (Å²) in [5, 5.41) is 19.7. The molecule has 0 bridgehead atoms. The van der Waals surface area contributed by atoms with Crippen molar-refractivity contribution in [2.45, 2.75) is 37.8 Å². The van der Waals surface area contributed by atoms with Crippen LogP contribution < -0.4 is 5.32 Å². The van der Waals surface area contributed by atoms with Crippen molar-refractivity contribution in [3.8, 4) is 11.3 Å². The number of aliphatic hydroxyl groups is 1. The first kappa shape index (κ1) is 20.9. The fourth-order valence-corrected chi connectivity index (χ4v) is 5.53. The zero-order chi connectivity index (χ0) is 23.3. The average molecular weight is 457 g/mol. The summed E-state index contributed by atoms with van der Waals surface area (Å²) in [4.78, 5) is 22.1. The van der Waals surface area contributed by atoms with E-state index in [-0.39, 0.29) is 11.4 Å². The van der Waals surface area contributed by atoms with Gasteiger partial charge in [-0.2, -0.15) is 5.10 Å². The number of carbonyl (C=O) groups excluding carboxylic acids is 1. The molecule has 2 unspecified atom stereocenters. The quantitative estimate of drug-likeness (QED) is 0.437. The van der Waals surface area contributed by atoms with Crippen molar-refractivity contribution in [2.75, 3.05) is 19.6 Å². The van der Waals surface area contributed by atoms with Crippen LogP contribution in [0.4, 0.5) is 4.79 Å². The Kier molecular flexibility index (Phi) is 4.91. The van der Waals surface area contributed by atoms with Crippen LogP contribution in [0.1, 0.15) is 42.7 Å². The molecule has 1 spiro atoms. The van der Waals surface area contributed by atoms with Gasteiger partial charge >= 0.3 is 6.03 Å². The summed E-state index contributed by atoms with van der Waals surface area (Å²) in [6.07, 6.45) is 4.89. The summed E-state index contributed by atoms with van der Waals surface area (Å²) in [5.74, 6) is 0. The second-order valence-electron chi connectivity index (χ2n) is 9.35. The van der Waals surface area contributed by atoms with E-state index in [1.807, 2.05) is 54.5 Å². The maximum atomic E-state index is 12.4. The Morgan fingerprint density at radius 3 is 2.88 bits per heavy atom. The Morgan fingerprint density at radius 2 is 2.06 bits per heavy atom. The number of aromatic nitrogens is 4. The lowest BCUT2D eigenvalue weighted by Gasteiger charge is -2.23. The molecule has 3 aromatic heterocycles. The van der Waals surface area contributed by atoms with Crippen LogP contribution in [-0.2, 0) is 12.0 Å². The standard InChI is InChI=1S/C26H28N6O2/c1-2-27-25(34)31-10-8-26(16-31)9-11-32-22(26)13-21(30-32)18-12-19-20(15-29-24(19)28-14-18)23(33)17-6-4-3-5-7-17/h3-7,12-15,23,33H,2,8-11,16H2,1H3,(H,27,34)(H,28,29). The van der Waals surface area contributed by atoms with Crippen molar-refractivity contribution in [1.82, 2.24) is 30.0 Å². The number of nitrogens with one attached hydrogen (secondary N) is 2. The third kappa shape index (κ3) is 3.28. The molecule has 2 aliphatic heterocycles. The number of urea groups is 1. The van der Waals surface area contributed by atoms with Gasteiger partial charge in [0, 0.05) is 66.2 Å². The summed E-state index contributed by atoms with van der Waals surface area (Å²) in [6.45, 7) is 4.94. The van der Waals surface area contributed by atoms with Gasteiger partial charge in [-0.1, -0.05) is 30.3 Å². The van der Waals surface area contributed by atoms with Gasteiger partial charge in [-0.3, -0.25) is 4.68 Å². The monoisotopic (exact) mass is 456 g/mol. The molecule has 2 atom stereocenters. The maximum absolute atomic E-state index is 12.4. The van der Waals surface area contributed by atoms with E-state index in [4.69, 9.17) is 5.10 Å². The number of nitrogens with zero attached hydrogens (tertiary/aromatic N) is 4. The lowest BCUT2D eigenvalue weighted by Crippen LogP contribution is -2.40. The number of aromatic amines is 1. The van der Waals surface area contributed by atoms with Crippen LogP contribution in [0.2, 0.25) is 0 Å². The van der Waals surface area contributed by atoms with E-state index >= 15 is 0 Å². The molecule has 8 heteroatoms. The first-order valence-corrected chi connectivity index (χ1v) is 11.9. The minimum Gasteiger partial charge on any atom is -0.384 e. The topological polar surface area (TPSA) is 99.1 Å². The third-order valence-electron chi connectivity index (χ3n) is 7.36. The van der Waals surface area contributed by atoms with Gasteiger partial charge in [-0.05, 0) is 37.5 Å². The molecule has 2 aliphatic rings. The normalized spacial score (nSPS) is 20.2. The van der Waals surface area contributed by atoms with Crippen LogP contribution in [0.15, 0.2) is 54.9 Å². The highest BCUT2D eigenvalue weighted by molar-refractivity contribution is 5.85. The maximum Gasteiger partial charge on any atom is 0.317 e. The molecule has 2 amide bonds. The number of carbonyl (C=O) groups is 1. The van der Waals surface area contributed by atoms with Crippen molar-refractivity contribution in [1.29, 1.82) is 0 Å².